The number of aromatic nitrogens is 1. The number of carbonyl (C=O) groups excluding carboxylic acids is 2. The molecule has 0 atom stereocenters. The summed E-state index contributed by atoms with van der Waals surface area (Å²) in [5.41, 5.74) is 2.74. The van der Waals surface area contributed by atoms with E-state index in [0.717, 1.165) is 41.6 Å². The fourth-order valence-electron chi connectivity index (χ4n) is 3.98. The molecule has 1 aromatic heterocycles. The number of anilines is 2. The first kappa shape index (κ1) is 22.4. The van der Waals surface area contributed by atoms with E-state index >= 15 is 0 Å². The van der Waals surface area contributed by atoms with Crippen LogP contribution in [0, 0.1) is 0 Å². The number of ether oxygens (including phenoxy) is 1. The van der Waals surface area contributed by atoms with E-state index in [1.54, 1.807) is 6.92 Å². The minimum absolute atomic E-state index is 0.123. The van der Waals surface area contributed by atoms with Gasteiger partial charge in [0, 0.05) is 60.2 Å². The standard InChI is InChI=1S/C24H27BrN4O3/c1-2-32-24(31)23-22(19-16-17(25)8-9-20(19)26-23)27-21(30)10-11-28-12-14-29(15-13-28)18-6-4-3-5-7-18/h3-9,16,26H,2,10-15H2,1H3,(H,27,30). The Morgan fingerprint density at radius 3 is 2.56 bits per heavy atom. The second-order valence-electron chi connectivity index (χ2n) is 7.75. The van der Waals surface area contributed by atoms with Gasteiger partial charge < -0.3 is 19.9 Å². The van der Waals surface area contributed by atoms with E-state index in [2.05, 4.69) is 60.3 Å². The van der Waals surface area contributed by atoms with Crippen LogP contribution in [0.5, 0.6) is 0 Å². The first-order chi connectivity index (χ1) is 15.5. The van der Waals surface area contributed by atoms with E-state index in [9.17, 15) is 9.59 Å². The highest BCUT2D eigenvalue weighted by atomic mass is 79.9. The Morgan fingerprint density at radius 1 is 1.09 bits per heavy atom. The van der Waals surface area contributed by atoms with Crippen LogP contribution in [0.15, 0.2) is 53.0 Å². The molecule has 1 saturated heterocycles. The summed E-state index contributed by atoms with van der Waals surface area (Å²) in [4.78, 5) is 33.0. The number of nitrogens with one attached hydrogen (secondary N) is 2. The van der Waals surface area contributed by atoms with Crippen molar-refractivity contribution in [1.29, 1.82) is 0 Å². The number of nitrogens with zero attached hydrogens (tertiary/aromatic N) is 2. The van der Waals surface area contributed by atoms with Gasteiger partial charge in [-0.3, -0.25) is 9.69 Å². The third-order valence-electron chi connectivity index (χ3n) is 5.65. The summed E-state index contributed by atoms with van der Waals surface area (Å²) in [6.07, 6.45) is 0.355. The lowest BCUT2D eigenvalue weighted by molar-refractivity contribution is -0.116. The fraction of sp³-hybridized carbons (Fsp3) is 0.333. The molecule has 0 bridgehead atoms. The molecule has 7 nitrogen and oxygen atoms in total. The molecule has 2 heterocycles. The molecule has 1 aliphatic rings. The summed E-state index contributed by atoms with van der Waals surface area (Å²) in [6, 6.07) is 16.0. The molecular weight excluding hydrogens is 472 g/mol. The number of H-pyrrole nitrogens is 1. The molecule has 0 radical (unpaired) electrons. The van der Waals surface area contributed by atoms with Gasteiger partial charge in [-0.2, -0.15) is 0 Å². The molecule has 8 heteroatoms. The van der Waals surface area contributed by atoms with Crippen molar-refractivity contribution in [1.82, 2.24) is 9.88 Å². The third kappa shape index (κ3) is 5.14. The van der Waals surface area contributed by atoms with Gasteiger partial charge in [0.25, 0.3) is 0 Å². The summed E-state index contributed by atoms with van der Waals surface area (Å²) in [7, 11) is 0. The lowest BCUT2D eigenvalue weighted by Gasteiger charge is -2.36. The SMILES string of the molecule is CCOC(=O)c1[nH]c2ccc(Br)cc2c1NC(=O)CCN1CCN(c2ccccc2)CC1. The Bertz CT molecular complexity index is 1090. The maximum Gasteiger partial charge on any atom is 0.356 e. The lowest BCUT2D eigenvalue weighted by Crippen LogP contribution is -2.47. The Labute approximate surface area is 195 Å². The molecule has 0 aliphatic carbocycles. The first-order valence-corrected chi connectivity index (χ1v) is 11.6. The molecule has 0 unspecified atom stereocenters. The number of carbonyl (C=O) groups is 2. The van der Waals surface area contributed by atoms with Crippen LogP contribution in [0.2, 0.25) is 0 Å². The van der Waals surface area contributed by atoms with Gasteiger partial charge in [0.05, 0.1) is 12.3 Å². The van der Waals surface area contributed by atoms with Gasteiger partial charge in [0.2, 0.25) is 5.91 Å². The summed E-state index contributed by atoms with van der Waals surface area (Å²) < 4.78 is 6.03. The number of hydrogen-bond donors (Lipinski definition) is 2. The number of aromatic amines is 1. The number of halogens is 1. The van der Waals surface area contributed by atoms with Gasteiger partial charge in [0.15, 0.2) is 0 Å². The van der Waals surface area contributed by atoms with Gasteiger partial charge in [-0.25, -0.2) is 4.79 Å². The zero-order valence-corrected chi connectivity index (χ0v) is 19.7. The Kier molecular flexibility index (Phi) is 7.12. The second-order valence-corrected chi connectivity index (χ2v) is 8.66. The van der Waals surface area contributed by atoms with Crippen LogP contribution in [0.25, 0.3) is 10.9 Å². The van der Waals surface area contributed by atoms with E-state index in [0.29, 0.717) is 18.7 Å². The van der Waals surface area contributed by atoms with Crippen molar-refractivity contribution in [2.24, 2.45) is 0 Å². The molecule has 1 amide bonds. The Morgan fingerprint density at radius 2 is 1.84 bits per heavy atom. The second kappa shape index (κ2) is 10.2. The van der Waals surface area contributed by atoms with Crippen LogP contribution in [0.3, 0.4) is 0 Å². The van der Waals surface area contributed by atoms with Gasteiger partial charge in [-0.05, 0) is 37.3 Å². The molecular formula is C24H27BrN4O3. The lowest BCUT2D eigenvalue weighted by atomic mass is 10.2. The first-order valence-electron chi connectivity index (χ1n) is 10.9. The van der Waals surface area contributed by atoms with Gasteiger partial charge in [-0.1, -0.05) is 34.1 Å². The van der Waals surface area contributed by atoms with Crippen molar-refractivity contribution in [3.8, 4) is 0 Å². The summed E-state index contributed by atoms with van der Waals surface area (Å²) in [5, 5.41) is 3.72. The molecule has 3 aromatic rings. The topological polar surface area (TPSA) is 77.7 Å². The minimum Gasteiger partial charge on any atom is -0.461 e. The minimum atomic E-state index is -0.479. The van der Waals surface area contributed by atoms with Crippen LogP contribution >= 0.6 is 15.9 Å². The van der Waals surface area contributed by atoms with E-state index in [-0.39, 0.29) is 18.2 Å². The van der Waals surface area contributed by atoms with E-state index in [1.807, 2.05) is 24.3 Å². The van der Waals surface area contributed by atoms with Crippen LogP contribution in [0.4, 0.5) is 11.4 Å². The third-order valence-corrected chi connectivity index (χ3v) is 6.15. The van der Waals surface area contributed by atoms with E-state index in [4.69, 9.17) is 4.74 Å². The summed E-state index contributed by atoms with van der Waals surface area (Å²) in [5.74, 6) is -0.603. The monoisotopic (exact) mass is 498 g/mol. The van der Waals surface area contributed by atoms with Crippen LogP contribution in [0.1, 0.15) is 23.8 Å². The van der Waals surface area contributed by atoms with Crippen LogP contribution in [-0.4, -0.2) is 61.1 Å². The maximum absolute atomic E-state index is 12.8. The number of fused-ring (bicyclic) bond motifs is 1. The highest BCUT2D eigenvalue weighted by Gasteiger charge is 2.22. The molecule has 1 fully saturated rings. The number of rotatable bonds is 7. The Hall–Kier alpha value is -2.84. The van der Waals surface area contributed by atoms with Crippen molar-refractivity contribution in [2.75, 3.05) is 49.5 Å². The van der Waals surface area contributed by atoms with Crippen molar-refractivity contribution in [2.45, 2.75) is 13.3 Å². The molecule has 0 spiro atoms. The van der Waals surface area contributed by atoms with Crippen molar-refractivity contribution >= 4 is 50.1 Å². The number of benzene rings is 2. The molecule has 0 saturated carbocycles. The largest absolute Gasteiger partial charge is 0.461 e. The molecule has 168 valence electrons. The number of piperazine rings is 1. The highest BCUT2D eigenvalue weighted by Crippen LogP contribution is 2.31. The van der Waals surface area contributed by atoms with Crippen molar-refractivity contribution < 1.29 is 14.3 Å². The molecule has 2 N–H and O–H groups in total. The number of hydrogen-bond acceptors (Lipinski definition) is 5. The predicted molar refractivity (Wildman–Crippen MR) is 130 cm³/mol. The fourth-order valence-corrected chi connectivity index (χ4v) is 4.34. The van der Waals surface area contributed by atoms with E-state index < -0.39 is 5.97 Å². The average molecular weight is 499 g/mol. The van der Waals surface area contributed by atoms with Crippen LogP contribution in [-0.2, 0) is 9.53 Å². The van der Waals surface area contributed by atoms with Crippen molar-refractivity contribution in [3.63, 3.8) is 0 Å². The Balaban J connectivity index is 1.37. The van der Waals surface area contributed by atoms with E-state index in [1.165, 1.54) is 5.69 Å². The zero-order valence-electron chi connectivity index (χ0n) is 18.1. The molecule has 2 aromatic carbocycles. The average Bonchev–Trinajstić information content (AvgIpc) is 3.16. The normalized spacial score (nSPS) is 14.5. The maximum atomic E-state index is 12.8. The number of para-hydroxylation sites is 1. The smallest absolute Gasteiger partial charge is 0.356 e. The molecule has 4 rings (SSSR count). The summed E-state index contributed by atoms with van der Waals surface area (Å²) in [6.45, 7) is 6.40. The van der Waals surface area contributed by atoms with Gasteiger partial charge in [0.1, 0.15) is 5.69 Å². The van der Waals surface area contributed by atoms with Gasteiger partial charge >= 0.3 is 5.97 Å². The zero-order chi connectivity index (χ0) is 22.5. The van der Waals surface area contributed by atoms with Crippen LogP contribution < -0.4 is 10.2 Å². The number of amides is 1. The molecule has 32 heavy (non-hydrogen) atoms. The summed E-state index contributed by atoms with van der Waals surface area (Å²) >= 11 is 3.46. The quantitative estimate of drug-likeness (QED) is 0.476. The predicted octanol–water partition coefficient (Wildman–Crippen LogP) is 4.26. The van der Waals surface area contributed by atoms with Crippen molar-refractivity contribution in [3.05, 3.63) is 58.7 Å². The van der Waals surface area contributed by atoms with Gasteiger partial charge in [-0.15, -0.1) is 0 Å². The highest BCUT2D eigenvalue weighted by molar-refractivity contribution is 9.10. The molecule has 1 aliphatic heterocycles. The number of esters is 1.